The number of carbonyl (C=O) groups excluding carboxylic acids is 1. The second-order valence-electron chi connectivity index (χ2n) is 6.55. The Morgan fingerprint density at radius 1 is 1.21 bits per heavy atom. The molecule has 1 aromatic heterocycles. The van der Waals surface area contributed by atoms with Crippen molar-refractivity contribution in [3.8, 4) is 11.3 Å². The number of benzene rings is 2. The molecule has 2 aromatic carbocycles. The number of nitrogens with zero attached hydrogens (tertiary/aromatic N) is 2. The first-order valence-corrected chi connectivity index (χ1v) is 10.1. The van der Waals surface area contributed by atoms with Gasteiger partial charge in [0.2, 0.25) is 0 Å². The summed E-state index contributed by atoms with van der Waals surface area (Å²) < 4.78 is 0. The number of aromatic nitrogens is 1. The van der Waals surface area contributed by atoms with Crippen molar-refractivity contribution in [2.24, 2.45) is 5.73 Å². The maximum absolute atomic E-state index is 12.1. The third-order valence-electron chi connectivity index (χ3n) is 4.37. The van der Waals surface area contributed by atoms with Crippen molar-refractivity contribution in [1.82, 2.24) is 4.98 Å². The molecule has 0 saturated carbocycles. The zero-order valence-corrected chi connectivity index (χ0v) is 17.3. The predicted octanol–water partition coefficient (Wildman–Crippen LogP) is 4.35. The molecule has 0 aliphatic rings. The molecule has 1 amide bonds. The van der Waals surface area contributed by atoms with Gasteiger partial charge in [-0.05, 0) is 24.1 Å². The minimum absolute atomic E-state index is 0.0516. The second kappa shape index (κ2) is 9.07. The van der Waals surface area contributed by atoms with Crippen molar-refractivity contribution in [2.75, 3.05) is 11.4 Å². The molecule has 150 valence electrons. The van der Waals surface area contributed by atoms with E-state index in [1.165, 1.54) is 0 Å². The summed E-state index contributed by atoms with van der Waals surface area (Å²) in [7, 11) is 0. The van der Waals surface area contributed by atoms with Gasteiger partial charge in [-0.2, -0.15) is 0 Å². The molecular weight excluding hydrogens is 410 g/mol. The van der Waals surface area contributed by atoms with Crippen LogP contribution >= 0.6 is 22.9 Å². The molecule has 3 aromatic rings. The highest BCUT2D eigenvalue weighted by atomic mass is 35.5. The Bertz CT molecular complexity index is 1040. The average Bonchev–Trinajstić information content (AvgIpc) is 3.13. The highest BCUT2D eigenvalue weighted by Gasteiger charge is 2.22. The Morgan fingerprint density at radius 3 is 2.55 bits per heavy atom. The van der Waals surface area contributed by atoms with Gasteiger partial charge in [-0.3, -0.25) is 9.59 Å². The maximum Gasteiger partial charge on any atom is 0.305 e. The molecular formula is C21H20ClN3O3S. The molecule has 3 N–H and O–H groups in total. The smallest absolute Gasteiger partial charge is 0.305 e. The Balaban J connectivity index is 2.01. The summed E-state index contributed by atoms with van der Waals surface area (Å²) in [5.74, 6) is -1.49. The number of hydrogen-bond acceptors (Lipinski definition) is 5. The van der Waals surface area contributed by atoms with Crippen LogP contribution in [0.2, 0.25) is 5.02 Å². The van der Waals surface area contributed by atoms with Crippen LogP contribution in [0.1, 0.15) is 27.2 Å². The van der Waals surface area contributed by atoms with Gasteiger partial charge in [0.15, 0.2) is 5.13 Å². The normalized spacial score (nSPS) is 10.7. The van der Waals surface area contributed by atoms with Gasteiger partial charge in [0.05, 0.1) is 12.1 Å². The summed E-state index contributed by atoms with van der Waals surface area (Å²) in [6.45, 7) is 2.61. The largest absolute Gasteiger partial charge is 0.481 e. The molecule has 3 rings (SSSR count). The van der Waals surface area contributed by atoms with Gasteiger partial charge in [-0.15, -0.1) is 0 Å². The Kier molecular flexibility index (Phi) is 6.51. The van der Waals surface area contributed by atoms with E-state index >= 15 is 0 Å². The van der Waals surface area contributed by atoms with Crippen molar-refractivity contribution in [3.63, 3.8) is 0 Å². The topological polar surface area (TPSA) is 96.5 Å². The lowest BCUT2D eigenvalue weighted by atomic mass is 10.1. The molecule has 8 heteroatoms. The molecule has 0 aliphatic heterocycles. The van der Waals surface area contributed by atoms with Crippen molar-refractivity contribution < 1.29 is 14.7 Å². The van der Waals surface area contributed by atoms with Crippen LogP contribution in [-0.4, -0.2) is 28.5 Å². The van der Waals surface area contributed by atoms with Gasteiger partial charge in [-0.25, -0.2) is 4.98 Å². The van der Waals surface area contributed by atoms with Crippen molar-refractivity contribution >= 4 is 39.9 Å². The van der Waals surface area contributed by atoms with Gasteiger partial charge in [0.1, 0.15) is 4.88 Å². The molecule has 29 heavy (non-hydrogen) atoms. The number of halogens is 1. The summed E-state index contributed by atoms with van der Waals surface area (Å²) in [6, 6.07) is 15.1. The SMILES string of the molecule is Cc1ccc(-c2nc(N(CCC(=O)O)Cc3ccccc3)sc2C(N)=O)cc1Cl. The highest BCUT2D eigenvalue weighted by Crippen LogP contribution is 2.35. The van der Waals surface area contributed by atoms with Crippen LogP contribution in [0, 0.1) is 6.92 Å². The summed E-state index contributed by atoms with van der Waals surface area (Å²) in [4.78, 5) is 30.0. The zero-order chi connectivity index (χ0) is 21.0. The van der Waals surface area contributed by atoms with E-state index in [1.54, 1.807) is 6.07 Å². The first kappa shape index (κ1) is 20.8. The molecule has 0 fully saturated rings. The fraction of sp³-hybridized carbons (Fsp3) is 0.190. The molecule has 6 nitrogen and oxygen atoms in total. The summed E-state index contributed by atoms with van der Waals surface area (Å²) in [5, 5.41) is 10.2. The lowest BCUT2D eigenvalue weighted by Crippen LogP contribution is -2.25. The van der Waals surface area contributed by atoms with E-state index in [0.717, 1.165) is 22.5 Å². The van der Waals surface area contributed by atoms with E-state index in [4.69, 9.17) is 22.4 Å². The van der Waals surface area contributed by atoms with Gasteiger partial charge >= 0.3 is 5.97 Å². The summed E-state index contributed by atoms with van der Waals surface area (Å²) >= 11 is 7.40. The second-order valence-corrected chi connectivity index (χ2v) is 7.94. The van der Waals surface area contributed by atoms with Gasteiger partial charge in [0, 0.05) is 23.7 Å². The number of amides is 1. The minimum atomic E-state index is -0.903. The third kappa shape index (κ3) is 5.13. The average molecular weight is 430 g/mol. The Morgan fingerprint density at radius 2 is 1.93 bits per heavy atom. The van der Waals surface area contributed by atoms with E-state index < -0.39 is 11.9 Å². The van der Waals surface area contributed by atoms with Gasteiger partial charge in [0.25, 0.3) is 5.91 Å². The van der Waals surface area contributed by atoms with Crippen molar-refractivity contribution in [2.45, 2.75) is 19.9 Å². The lowest BCUT2D eigenvalue weighted by Gasteiger charge is -2.21. The maximum atomic E-state index is 12.1. The number of aryl methyl sites for hydroxylation is 1. The monoisotopic (exact) mass is 429 g/mol. The Labute approximate surface area is 177 Å². The molecule has 0 spiro atoms. The van der Waals surface area contributed by atoms with E-state index in [9.17, 15) is 9.59 Å². The minimum Gasteiger partial charge on any atom is -0.481 e. The summed E-state index contributed by atoms with van der Waals surface area (Å²) in [5.41, 5.74) is 8.66. The van der Waals surface area contributed by atoms with Crippen LogP contribution in [-0.2, 0) is 11.3 Å². The van der Waals surface area contributed by atoms with Crippen LogP contribution in [0.3, 0.4) is 0 Å². The van der Waals surface area contributed by atoms with Crippen LogP contribution < -0.4 is 10.6 Å². The number of rotatable bonds is 8. The molecule has 1 heterocycles. The number of hydrogen-bond donors (Lipinski definition) is 2. The molecule has 0 bridgehead atoms. The number of thiazole rings is 1. The fourth-order valence-corrected chi connectivity index (χ4v) is 3.97. The number of carboxylic acid groups (broad SMARTS) is 1. The number of aliphatic carboxylic acids is 1. The van der Waals surface area contributed by atoms with Crippen molar-refractivity contribution in [3.05, 3.63) is 69.6 Å². The van der Waals surface area contributed by atoms with E-state index in [2.05, 4.69) is 4.98 Å². The van der Waals surface area contributed by atoms with Crippen molar-refractivity contribution in [1.29, 1.82) is 0 Å². The van der Waals surface area contributed by atoms with Crippen LogP contribution in [0.4, 0.5) is 5.13 Å². The quantitative estimate of drug-likeness (QED) is 0.554. The van der Waals surface area contributed by atoms with E-state index in [0.29, 0.717) is 32.8 Å². The Hall–Kier alpha value is -2.90. The number of carbonyl (C=O) groups is 2. The number of anilines is 1. The van der Waals surface area contributed by atoms with Crippen LogP contribution in [0.5, 0.6) is 0 Å². The number of carboxylic acids is 1. The molecule has 0 radical (unpaired) electrons. The number of nitrogens with two attached hydrogens (primary N) is 1. The molecule has 0 atom stereocenters. The third-order valence-corrected chi connectivity index (χ3v) is 5.91. The summed E-state index contributed by atoms with van der Waals surface area (Å²) in [6.07, 6.45) is -0.0516. The van der Waals surface area contributed by atoms with Gasteiger partial charge in [-0.1, -0.05) is 65.4 Å². The molecule has 0 saturated heterocycles. The van der Waals surface area contributed by atoms with Crippen LogP contribution in [0.15, 0.2) is 48.5 Å². The predicted molar refractivity (Wildman–Crippen MR) is 116 cm³/mol. The fourth-order valence-electron chi connectivity index (χ4n) is 2.82. The lowest BCUT2D eigenvalue weighted by molar-refractivity contribution is -0.136. The molecule has 0 unspecified atom stereocenters. The highest BCUT2D eigenvalue weighted by molar-refractivity contribution is 7.18. The number of primary amides is 1. The van der Waals surface area contributed by atoms with Crippen LogP contribution in [0.25, 0.3) is 11.3 Å². The van der Waals surface area contributed by atoms with E-state index in [-0.39, 0.29) is 13.0 Å². The first-order valence-electron chi connectivity index (χ1n) is 8.93. The standard InChI is InChI=1S/C21H20ClN3O3S/c1-13-7-8-15(11-16(13)22)18-19(20(23)28)29-21(24-18)25(10-9-17(26)27)12-14-5-3-2-4-6-14/h2-8,11H,9-10,12H2,1H3,(H2,23,28)(H,26,27). The zero-order valence-electron chi connectivity index (χ0n) is 15.8. The first-order chi connectivity index (χ1) is 13.8. The molecule has 0 aliphatic carbocycles. The van der Waals surface area contributed by atoms with E-state index in [1.807, 2.05) is 54.3 Å². The van der Waals surface area contributed by atoms with Gasteiger partial charge < -0.3 is 15.7 Å².